The Kier molecular flexibility index (Phi) is 4.72. The quantitative estimate of drug-likeness (QED) is 0.754. The molecule has 0 aromatic carbocycles. The van der Waals surface area contributed by atoms with Crippen molar-refractivity contribution in [1.82, 2.24) is 4.98 Å². The molecule has 0 radical (unpaired) electrons. The van der Waals surface area contributed by atoms with Gasteiger partial charge in [0, 0.05) is 25.0 Å². The third-order valence-electron chi connectivity index (χ3n) is 2.24. The van der Waals surface area contributed by atoms with E-state index < -0.39 is 5.91 Å². The number of nitrogens with zero attached hydrogens (tertiary/aromatic N) is 1. The van der Waals surface area contributed by atoms with Gasteiger partial charge in [0.2, 0.25) is 0 Å². The van der Waals surface area contributed by atoms with E-state index in [1.807, 2.05) is 0 Å². The summed E-state index contributed by atoms with van der Waals surface area (Å²) in [6, 6.07) is 3.65. The summed E-state index contributed by atoms with van der Waals surface area (Å²) in [6.45, 7) is 2.68. The molecule has 1 amide bonds. The van der Waals surface area contributed by atoms with E-state index in [2.05, 4.69) is 17.2 Å². The summed E-state index contributed by atoms with van der Waals surface area (Å²) in [5, 5.41) is 3.25. The Morgan fingerprint density at radius 2 is 2.44 bits per heavy atom. The normalized spacial score (nSPS) is 12.1. The highest BCUT2D eigenvalue weighted by Gasteiger charge is 2.07. The van der Waals surface area contributed by atoms with Gasteiger partial charge >= 0.3 is 0 Å². The number of amides is 1. The molecule has 1 aromatic heterocycles. The van der Waals surface area contributed by atoms with Crippen molar-refractivity contribution in [2.45, 2.75) is 19.4 Å². The van der Waals surface area contributed by atoms with Crippen molar-refractivity contribution in [3.8, 4) is 0 Å². The van der Waals surface area contributed by atoms with Crippen LogP contribution in [0, 0.1) is 0 Å². The Balaban J connectivity index is 2.72. The molecule has 16 heavy (non-hydrogen) atoms. The third kappa shape index (κ3) is 3.51. The van der Waals surface area contributed by atoms with E-state index in [-0.39, 0.29) is 11.7 Å². The average molecular weight is 223 g/mol. The van der Waals surface area contributed by atoms with Gasteiger partial charge in [-0.25, -0.2) is 0 Å². The highest BCUT2D eigenvalue weighted by Crippen LogP contribution is 2.10. The maximum atomic E-state index is 10.9. The molecular formula is C11H17N3O2. The van der Waals surface area contributed by atoms with E-state index in [0.717, 1.165) is 12.1 Å². The van der Waals surface area contributed by atoms with Gasteiger partial charge in [-0.05, 0) is 18.6 Å². The smallest absolute Gasteiger partial charge is 0.267 e. The van der Waals surface area contributed by atoms with Crippen LogP contribution in [0.25, 0.3) is 0 Å². The van der Waals surface area contributed by atoms with E-state index in [0.29, 0.717) is 6.61 Å². The van der Waals surface area contributed by atoms with Crippen molar-refractivity contribution < 1.29 is 9.53 Å². The summed E-state index contributed by atoms with van der Waals surface area (Å²) >= 11 is 0. The molecule has 0 aliphatic heterocycles. The van der Waals surface area contributed by atoms with E-state index in [4.69, 9.17) is 10.5 Å². The van der Waals surface area contributed by atoms with Crippen LogP contribution in [0.3, 0.4) is 0 Å². The number of aromatic nitrogens is 1. The highest BCUT2D eigenvalue weighted by atomic mass is 16.5. The van der Waals surface area contributed by atoms with Crippen LogP contribution in [0.5, 0.6) is 0 Å². The molecule has 1 aromatic rings. The Morgan fingerprint density at radius 1 is 1.69 bits per heavy atom. The lowest BCUT2D eigenvalue weighted by Crippen LogP contribution is -2.24. The Labute approximate surface area is 95.0 Å². The fraction of sp³-hybridized carbons (Fsp3) is 0.455. The topological polar surface area (TPSA) is 77.2 Å². The first-order chi connectivity index (χ1) is 7.67. The molecule has 0 saturated heterocycles. The molecule has 0 aliphatic rings. The number of nitrogens with one attached hydrogen (secondary N) is 1. The molecule has 0 aliphatic carbocycles. The molecule has 1 rings (SSSR count). The second kappa shape index (κ2) is 6.07. The minimum atomic E-state index is -0.525. The van der Waals surface area contributed by atoms with Crippen LogP contribution < -0.4 is 11.1 Å². The van der Waals surface area contributed by atoms with Crippen molar-refractivity contribution >= 4 is 11.6 Å². The molecular weight excluding hydrogens is 206 g/mol. The molecule has 5 nitrogen and oxygen atoms in total. The van der Waals surface area contributed by atoms with Gasteiger partial charge in [0.15, 0.2) is 0 Å². The number of methoxy groups -OCH3 is 1. The zero-order valence-corrected chi connectivity index (χ0v) is 9.56. The van der Waals surface area contributed by atoms with Crippen LogP contribution in [0.2, 0.25) is 0 Å². The summed E-state index contributed by atoms with van der Waals surface area (Å²) < 4.78 is 5.08. The SMILES string of the molecule is CCC(COC)Nc1ccnc(C(N)=O)c1. The van der Waals surface area contributed by atoms with Crippen LogP contribution >= 0.6 is 0 Å². The van der Waals surface area contributed by atoms with Crippen LogP contribution in [0.1, 0.15) is 23.8 Å². The molecule has 0 spiro atoms. The van der Waals surface area contributed by atoms with E-state index in [1.54, 1.807) is 25.4 Å². The number of carbonyl (C=O) groups excluding carboxylic acids is 1. The van der Waals surface area contributed by atoms with Gasteiger partial charge in [-0.15, -0.1) is 0 Å². The molecule has 0 saturated carbocycles. The zero-order chi connectivity index (χ0) is 12.0. The minimum absolute atomic E-state index is 0.216. The minimum Gasteiger partial charge on any atom is -0.383 e. The van der Waals surface area contributed by atoms with Crippen molar-refractivity contribution in [1.29, 1.82) is 0 Å². The number of carbonyl (C=O) groups is 1. The van der Waals surface area contributed by atoms with Crippen molar-refractivity contribution in [3.05, 3.63) is 24.0 Å². The number of nitrogens with two attached hydrogens (primary N) is 1. The molecule has 0 fully saturated rings. The van der Waals surface area contributed by atoms with Gasteiger partial charge in [-0.1, -0.05) is 6.92 Å². The molecule has 3 N–H and O–H groups in total. The molecule has 5 heteroatoms. The Bertz CT molecular complexity index is 355. The molecule has 1 unspecified atom stereocenters. The average Bonchev–Trinajstić information content (AvgIpc) is 2.29. The number of hydrogen-bond donors (Lipinski definition) is 2. The maximum Gasteiger partial charge on any atom is 0.267 e. The number of pyridine rings is 1. The molecule has 1 heterocycles. The number of hydrogen-bond acceptors (Lipinski definition) is 4. The second-order valence-electron chi connectivity index (χ2n) is 3.50. The van der Waals surface area contributed by atoms with Gasteiger partial charge in [-0.2, -0.15) is 0 Å². The first-order valence-electron chi connectivity index (χ1n) is 5.18. The summed E-state index contributed by atoms with van der Waals surface area (Å²) in [6.07, 6.45) is 2.49. The molecule has 1 atom stereocenters. The predicted molar refractivity (Wildman–Crippen MR) is 62.3 cm³/mol. The number of rotatable bonds is 6. The van der Waals surface area contributed by atoms with Crippen molar-refractivity contribution in [2.24, 2.45) is 5.73 Å². The largest absolute Gasteiger partial charge is 0.383 e. The van der Waals surface area contributed by atoms with Crippen LogP contribution in [-0.2, 0) is 4.74 Å². The Hall–Kier alpha value is -1.62. The van der Waals surface area contributed by atoms with Crippen LogP contribution in [0.4, 0.5) is 5.69 Å². The van der Waals surface area contributed by atoms with Crippen molar-refractivity contribution in [3.63, 3.8) is 0 Å². The summed E-state index contributed by atoms with van der Waals surface area (Å²) in [4.78, 5) is 14.8. The first kappa shape index (κ1) is 12.4. The zero-order valence-electron chi connectivity index (χ0n) is 9.56. The third-order valence-corrected chi connectivity index (χ3v) is 2.24. The highest BCUT2D eigenvalue weighted by molar-refractivity contribution is 5.91. The fourth-order valence-corrected chi connectivity index (χ4v) is 1.35. The summed E-state index contributed by atoms with van der Waals surface area (Å²) in [5.41, 5.74) is 6.24. The van der Waals surface area contributed by atoms with Gasteiger partial charge < -0.3 is 15.8 Å². The standard InChI is InChI=1S/C11H17N3O2/c1-3-8(7-16-2)14-9-4-5-13-10(6-9)11(12)15/h4-6,8H,3,7H2,1-2H3,(H2,12,15)(H,13,14). The van der Waals surface area contributed by atoms with E-state index in [9.17, 15) is 4.79 Å². The number of primary amides is 1. The monoisotopic (exact) mass is 223 g/mol. The van der Waals surface area contributed by atoms with Gasteiger partial charge in [-0.3, -0.25) is 9.78 Å². The molecule has 0 bridgehead atoms. The molecule has 88 valence electrons. The van der Waals surface area contributed by atoms with E-state index >= 15 is 0 Å². The summed E-state index contributed by atoms with van der Waals surface area (Å²) in [5.74, 6) is -0.525. The van der Waals surface area contributed by atoms with Crippen LogP contribution in [0.15, 0.2) is 18.3 Å². The summed E-state index contributed by atoms with van der Waals surface area (Å²) in [7, 11) is 1.66. The number of ether oxygens (including phenoxy) is 1. The predicted octanol–water partition coefficient (Wildman–Crippen LogP) is 1.02. The van der Waals surface area contributed by atoms with Crippen molar-refractivity contribution in [2.75, 3.05) is 19.0 Å². The number of anilines is 1. The Morgan fingerprint density at radius 3 is 3.00 bits per heavy atom. The fourth-order valence-electron chi connectivity index (χ4n) is 1.35. The van der Waals surface area contributed by atoms with Gasteiger partial charge in [0.1, 0.15) is 5.69 Å². The maximum absolute atomic E-state index is 10.9. The lowest BCUT2D eigenvalue weighted by molar-refractivity contribution is 0.0995. The second-order valence-corrected chi connectivity index (χ2v) is 3.50. The van der Waals surface area contributed by atoms with Gasteiger partial charge in [0.05, 0.1) is 6.61 Å². The first-order valence-corrected chi connectivity index (χ1v) is 5.18. The lowest BCUT2D eigenvalue weighted by Gasteiger charge is -2.17. The van der Waals surface area contributed by atoms with Gasteiger partial charge in [0.25, 0.3) is 5.91 Å². The lowest BCUT2D eigenvalue weighted by atomic mass is 10.2. The van der Waals surface area contributed by atoms with E-state index in [1.165, 1.54) is 0 Å². The van der Waals surface area contributed by atoms with Crippen LogP contribution in [-0.4, -0.2) is 30.6 Å².